The summed E-state index contributed by atoms with van der Waals surface area (Å²) in [6.45, 7) is 3.31. The van der Waals surface area contributed by atoms with Crippen LogP contribution in [0.3, 0.4) is 0 Å². The maximum Gasteiger partial charge on any atom is 0.416 e. The van der Waals surface area contributed by atoms with E-state index >= 15 is 0 Å². The van der Waals surface area contributed by atoms with Gasteiger partial charge in [-0.1, -0.05) is 6.92 Å². The molecule has 1 N–H and O–H groups in total. The van der Waals surface area contributed by atoms with E-state index in [-0.39, 0.29) is 17.8 Å². The summed E-state index contributed by atoms with van der Waals surface area (Å²) in [7, 11) is 0. The van der Waals surface area contributed by atoms with Crippen LogP contribution in [0.4, 0.5) is 18.9 Å². The summed E-state index contributed by atoms with van der Waals surface area (Å²) in [5.74, 6) is -1.67. The van der Waals surface area contributed by atoms with Crippen LogP contribution < -0.4 is 10.2 Å². The first kappa shape index (κ1) is 14.5. The SMILES string of the molecule is CCNCCN1C(=O)C(=O)c2cc(C(F)(F)F)ccc21. The molecule has 0 unspecified atom stereocenters. The Bertz CT molecular complexity index is 555. The van der Waals surface area contributed by atoms with Crippen molar-refractivity contribution in [3.63, 3.8) is 0 Å². The maximum atomic E-state index is 12.6. The van der Waals surface area contributed by atoms with Crippen molar-refractivity contribution in [1.82, 2.24) is 5.32 Å². The number of alkyl halides is 3. The Balaban J connectivity index is 2.32. The van der Waals surface area contributed by atoms with Crippen molar-refractivity contribution in [3.8, 4) is 0 Å². The molecule has 0 bridgehead atoms. The molecule has 1 aromatic carbocycles. The van der Waals surface area contributed by atoms with Gasteiger partial charge in [0, 0.05) is 13.1 Å². The molecule has 1 aliphatic heterocycles. The van der Waals surface area contributed by atoms with Crippen LogP contribution in [0.5, 0.6) is 0 Å². The zero-order valence-corrected chi connectivity index (χ0v) is 10.8. The Morgan fingerprint density at radius 2 is 1.95 bits per heavy atom. The highest BCUT2D eigenvalue weighted by molar-refractivity contribution is 6.52. The molecule has 1 aliphatic rings. The first-order valence-electron chi connectivity index (χ1n) is 6.14. The number of fused-ring (bicyclic) bond motifs is 1. The number of hydrogen-bond donors (Lipinski definition) is 1. The Morgan fingerprint density at radius 3 is 2.55 bits per heavy atom. The monoisotopic (exact) mass is 286 g/mol. The number of halogens is 3. The number of benzene rings is 1. The van der Waals surface area contributed by atoms with Gasteiger partial charge in [0.1, 0.15) is 0 Å². The van der Waals surface area contributed by atoms with Crippen LogP contribution in [-0.4, -0.2) is 31.3 Å². The van der Waals surface area contributed by atoms with Crippen molar-refractivity contribution in [2.45, 2.75) is 13.1 Å². The Hall–Kier alpha value is -1.89. The highest BCUT2D eigenvalue weighted by atomic mass is 19.4. The number of nitrogens with zero attached hydrogens (tertiary/aromatic N) is 1. The first-order chi connectivity index (χ1) is 9.36. The van der Waals surface area contributed by atoms with Gasteiger partial charge in [-0.05, 0) is 24.7 Å². The van der Waals surface area contributed by atoms with E-state index in [9.17, 15) is 22.8 Å². The summed E-state index contributed by atoms with van der Waals surface area (Å²) in [5, 5.41) is 2.99. The molecule has 0 saturated heterocycles. The summed E-state index contributed by atoms with van der Waals surface area (Å²) in [4.78, 5) is 24.7. The normalized spacial score (nSPS) is 14.9. The third-order valence-corrected chi connectivity index (χ3v) is 3.06. The average Bonchev–Trinajstić information content (AvgIpc) is 2.63. The fourth-order valence-electron chi connectivity index (χ4n) is 2.07. The minimum atomic E-state index is -4.53. The molecule has 0 saturated carbocycles. The van der Waals surface area contributed by atoms with Crippen molar-refractivity contribution in [2.24, 2.45) is 0 Å². The van der Waals surface area contributed by atoms with Crippen molar-refractivity contribution in [1.29, 1.82) is 0 Å². The third kappa shape index (κ3) is 2.53. The van der Waals surface area contributed by atoms with E-state index in [1.807, 2.05) is 6.92 Å². The van der Waals surface area contributed by atoms with Crippen LogP contribution in [0.15, 0.2) is 18.2 Å². The van der Waals surface area contributed by atoms with Gasteiger partial charge < -0.3 is 10.2 Å². The van der Waals surface area contributed by atoms with Crippen LogP contribution in [-0.2, 0) is 11.0 Å². The van der Waals surface area contributed by atoms with Crippen LogP contribution >= 0.6 is 0 Å². The Kier molecular flexibility index (Phi) is 3.80. The highest BCUT2D eigenvalue weighted by Gasteiger charge is 2.38. The molecule has 0 aromatic heterocycles. The molecule has 0 fully saturated rings. The van der Waals surface area contributed by atoms with Crippen molar-refractivity contribution < 1.29 is 22.8 Å². The van der Waals surface area contributed by atoms with Gasteiger partial charge in [-0.2, -0.15) is 13.2 Å². The number of rotatable bonds is 4. The van der Waals surface area contributed by atoms with Crippen LogP contribution in [0.25, 0.3) is 0 Å². The largest absolute Gasteiger partial charge is 0.416 e. The molecule has 0 atom stereocenters. The lowest BCUT2D eigenvalue weighted by molar-refractivity contribution is -0.137. The predicted octanol–water partition coefficient (Wildman–Crippen LogP) is 1.84. The standard InChI is InChI=1S/C13H13F3N2O2/c1-2-17-5-6-18-10-4-3-8(13(14,15)16)7-9(10)11(19)12(18)20/h3-4,7,17H,2,5-6H2,1H3. The van der Waals surface area contributed by atoms with E-state index in [1.54, 1.807) is 0 Å². The smallest absolute Gasteiger partial charge is 0.315 e. The summed E-state index contributed by atoms with van der Waals surface area (Å²) in [5.41, 5.74) is -0.863. The lowest BCUT2D eigenvalue weighted by Crippen LogP contribution is -2.35. The number of carbonyl (C=O) groups is 2. The molecule has 108 valence electrons. The van der Waals surface area contributed by atoms with Gasteiger partial charge in [0.2, 0.25) is 0 Å². The molecule has 2 rings (SSSR count). The molecule has 0 spiro atoms. The summed E-state index contributed by atoms with van der Waals surface area (Å²) >= 11 is 0. The molecule has 1 amide bonds. The number of amides is 1. The number of Topliss-reactive ketones (excluding diaryl/α,β-unsaturated/α-hetero) is 1. The zero-order chi connectivity index (χ0) is 14.9. The van der Waals surface area contributed by atoms with Gasteiger partial charge in [0.25, 0.3) is 11.7 Å². The molecule has 7 heteroatoms. The minimum absolute atomic E-state index is 0.179. The second kappa shape index (κ2) is 5.24. The number of ketones is 1. The van der Waals surface area contributed by atoms with Crippen LogP contribution in [0, 0.1) is 0 Å². The summed E-state index contributed by atoms with van der Waals surface area (Å²) < 4.78 is 37.8. The second-order valence-electron chi connectivity index (χ2n) is 4.37. The van der Waals surface area contributed by atoms with Crippen molar-refractivity contribution >= 4 is 17.4 Å². The predicted molar refractivity (Wildman–Crippen MR) is 66.7 cm³/mol. The molecule has 20 heavy (non-hydrogen) atoms. The molecule has 1 aromatic rings. The minimum Gasteiger partial charge on any atom is -0.315 e. The van der Waals surface area contributed by atoms with Crippen LogP contribution in [0.1, 0.15) is 22.8 Å². The number of nitrogens with one attached hydrogen (secondary N) is 1. The first-order valence-corrected chi connectivity index (χ1v) is 6.14. The maximum absolute atomic E-state index is 12.6. The molecular formula is C13H13F3N2O2. The molecular weight excluding hydrogens is 273 g/mol. The van der Waals surface area contributed by atoms with E-state index in [0.29, 0.717) is 13.1 Å². The van der Waals surface area contributed by atoms with Gasteiger partial charge >= 0.3 is 6.18 Å². The van der Waals surface area contributed by atoms with Gasteiger partial charge in [0.15, 0.2) is 0 Å². The van der Waals surface area contributed by atoms with Gasteiger partial charge in [-0.3, -0.25) is 9.59 Å². The van der Waals surface area contributed by atoms with Crippen molar-refractivity contribution in [3.05, 3.63) is 29.3 Å². The van der Waals surface area contributed by atoms with Crippen LogP contribution in [0.2, 0.25) is 0 Å². The quantitative estimate of drug-likeness (QED) is 0.679. The molecule has 1 heterocycles. The summed E-state index contributed by atoms with van der Waals surface area (Å²) in [6.07, 6.45) is -4.53. The Labute approximate surface area is 113 Å². The van der Waals surface area contributed by atoms with E-state index in [4.69, 9.17) is 0 Å². The second-order valence-corrected chi connectivity index (χ2v) is 4.37. The molecule has 0 radical (unpaired) electrons. The number of carbonyl (C=O) groups excluding carboxylic acids is 2. The number of likely N-dealkylation sites (N-methyl/N-ethyl adjacent to an activating group) is 1. The lowest BCUT2D eigenvalue weighted by Gasteiger charge is -2.17. The van der Waals surface area contributed by atoms with Crippen molar-refractivity contribution in [2.75, 3.05) is 24.5 Å². The summed E-state index contributed by atoms with van der Waals surface area (Å²) in [6, 6.07) is 2.79. The molecule has 4 nitrogen and oxygen atoms in total. The number of anilines is 1. The van der Waals surface area contributed by atoms with Gasteiger partial charge in [0.05, 0.1) is 16.8 Å². The molecule has 0 aliphatic carbocycles. The zero-order valence-electron chi connectivity index (χ0n) is 10.8. The highest BCUT2D eigenvalue weighted by Crippen LogP contribution is 2.35. The third-order valence-electron chi connectivity index (χ3n) is 3.06. The fourth-order valence-corrected chi connectivity index (χ4v) is 2.07. The number of hydrogen-bond acceptors (Lipinski definition) is 3. The Morgan fingerprint density at radius 1 is 1.25 bits per heavy atom. The average molecular weight is 286 g/mol. The van der Waals surface area contributed by atoms with Gasteiger partial charge in [-0.15, -0.1) is 0 Å². The van der Waals surface area contributed by atoms with E-state index in [0.717, 1.165) is 12.1 Å². The topological polar surface area (TPSA) is 49.4 Å². The van der Waals surface area contributed by atoms with E-state index < -0.39 is 23.4 Å². The van der Waals surface area contributed by atoms with E-state index in [1.165, 1.54) is 11.0 Å². The lowest BCUT2D eigenvalue weighted by atomic mass is 10.1. The fraction of sp³-hybridized carbons (Fsp3) is 0.385. The van der Waals surface area contributed by atoms with Gasteiger partial charge in [-0.25, -0.2) is 0 Å². The van der Waals surface area contributed by atoms with E-state index in [2.05, 4.69) is 5.32 Å².